The predicted octanol–water partition coefficient (Wildman–Crippen LogP) is 1.63. The molecule has 7 nitrogen and oxygen atoms in total. The molecule has 0 aromatic heterocycles. The van der Waals surface area contributed by atoms with Gasteiger partial charge < -0.3 is 14.6 Å². The van der Waals surface area contributed by atoms with Crippen molar-refractivity contribution in [3.8, 4) is 0 Å². The average Bonchev–Trinajstić information content (AvgIpc) is 2.68. The van der Waals surface area contributed by atoms with Gasteiger partial charge in [0.15, 0.2) is 4.75 Å². The van der Waals surface area contributed by atoms with E-state index >= 15 is 0 Å². The van der Waals surface area contributed by atoms with Gasteiger partial charge in [0.25, 0.3) is 0 Å². The molecule has 2 aliphatic heterocycles. The molecule has 0 bridgehead atoms. The number of piperidine rings is 1. The Morgan fingerprint density at radius 3 is 2.38 bits per heavy atom. The summed E-state index contributed by atoms with van der Waals surface area (Å²) in [5.74, 6) is -1.27. The first-order chi connectivity index (χ1) is 12.5. The second-order valence-electron chi connectivity index (χ2n) is 6.81. The molecule has 1 N–H and O–H groups in total. The second kappa shape index (κ2) is 8.04. The van der Waals surface area contributed by atoms with Crippen LogP contribution >= 0.6 is 0 Å². The number of rotatable bonds is 6. The lowest BCUT2D eigenvalue weighted by molar-refractivity contribution is -0.142. The minimum absolute atomic E-state index is 0.00486. The van der Waals surface area contributed by atoms with Crippen LogP contribution in [0.25, 0.3) is 0 Å². The van der Waals surface area contributed by atoms with Crippen molar-refractivity contribution >= 4 is 16.0 Å². The fourth-order valence-corrected chi connectivity index (χ4v) is 5.65. The first kappa shape index (κ1) is 19.3. The molecule has 3 rings (SSSR count). The Morgan fingerprint density at radius 2 is 1.81 bits per heavy atom. The molecule has 0 spiro atoms. The van der Waals surface area contributed by atoms with Crippen LogP contribution in [-0.4, -0.2) is 61.0 Å². The van der Waals surface area contributed by atoms with E-state index in [1.807, 2.05) is 30.3 Å². The van der Waals surface area contributed by atoms with E-state index in [0.717, 1.165) is 5.56 Å². The summed E-state index contributed by atoms with van der Waals surface area (Å²) >= 11 is 0. The fraction of sp³-hybridized carbons (Fsp3) is 0.611. The average molecular weight is 383 g/mol. The van der Waals surface area contributed by atoms with Gasteiger partial charge in [-0.15, -0.1) is 0 Å². The fourth-order valence-electron chi connectivity index (χ4n) is 3.56. The molecule has 2 saturated heterocycles. The Bertz CT molecular complexity index is 706. The molecule has 1 aromatic carbocycles. The topological polar surface area (TPSA) is 93.1 Å². The van der Waals surface area contributed by atoms with Gasteiger partial charge in [0, 0.05) is 39.1 Å². The smallest absolute Gasteiger partial charge is 0.326 e. The maximum Gasteiger partial charge on any atom is 0.326 e. The summed E-state index contributed by atoms with van der Waals surface area (Å²) in [6, 6.07) is 9.82. The largest absolute Gasteiger partial charge is 0.480 e. The normalized spacial score (nSPS) is 22.2. The minimum Gasteiger partial charge on any atom is -0.480 e. The highest BCUT2D eigenvalue weighted by Crippen LogP contribution is 2.34. The van der Waals surface area contributed by atoms with Gasteiger partial charge in [0.05, 0.1) is 12.7 Å². The van der Waals surface area contributed by atoms with Crippen molar-refractivity contribution in [2.24, 2.45) is 0 Å². The zero-order valence-electron chi connectivity index (χ0n) is 14.7. The minimum atomic E-state index is -3.94. The van der Waals surface area contributed by atoms with E-state index in [1.165, 1.54) is 4.31 Å². The van der Waals surface area contributed by atoms with Crippen LogP contribution in [0.3, 0.4) is 0 Å². The van der Waals surface area contributed by atoms with Crippen LogP contribution in [0, 0.1) is 0 Å². The highest BCUT2D eigenvalue weighted by molar-refractivity contribution is 7.91. The van der Waals surface area contributed by atoms with Gasteiger partial charge in [-0.3, -0.25) is 4.79 Å². The number of sulfonamides is 1. The van der Waals surface area contributed by atoms with Crippen LogP contribution in [0.4, 0.5) is 0 Å². The maximum atomic E-state index is 13.0. The molecule has 8 heteroatoms. The van der Waals surface area contributed by atoms with Crippen LogP contribution in [-0.2, 0) is 30.9 Å². The van der Waals surface area contributed by atoms with E-state index in [0.29, 0.717) is 19.4 Å². The lowest BCUT2D eigenvalue weighted by Gasteiger charge is -2.39. The number of aliphatic carboxylic acids is 1. The molecule has 0 aliphatic carbocycles. The Kier molecular flexibility index (Phi) is 5.96. The zero-order chi connectivity index (χ0) is 18.6. The summed E-state index contributed by atoms with van der Waals surface area (Å²) in [4.78, 5) is 11.8. The molecule has 2 heterocycles. The molecule has 144 valence electrons. The lowest BCUT2D eigenvalue weighted by atomic mass is 9.99. The first-order valence-electron chi connectivity index (χ1n) is 8.92. The number of carboxylic acid groups (broad SMARTS) is 1. The quantitative estimate of drug-likeness (QED) is 0.803. The van der Waals surface area contributed by atoms with Gasteiger partial charge in [-0.25, -0.2) is 12.7 Å². The van der Waals surface area contributed by atoms with Crippen LogP contribution in [0.2, 0.25) is 0 Å². The van der Waals surface area contributed by atoms with E-state index in [9.17, 15) is 18.3 Å². The van der Waals surface area contributed by atoms with Crippen molar-refractivity contribution in [2.45, 2.75) is 43.1 Å². The summed E-state index contributed by atoms with van der Waals surface area (Å²) in [5, 5.41) is 9.63. The molecule has 26 heavy (non-hydrogen) atoms. The standard InChI is InChI=1S/C18H25NO6S/c20-17(21)18(8-12-24-13-9-18)26(22,23)19-10-6-16(7-11-19)25-14-15-4-2-1-3-5-15/h1-5,16H,6-14H2,(H,20,21). The summed E-state index contributed by atoms with van der Waals surface area (Å²) in [5.41, 5.74) is 1.08. The van der Waals surface area contributed by atoms with Crippen molar-refractivity contribution in [1.29, 1.82) is 0 Å². The van der Waals surface area contributed by atoms with Gasteiger partial charge in [-0.1, -0.05) is 30.3 Å². The molecule has 0 amide bonds. The number of benzene rings is 1. The van der Waals surface area contributed by atoms with Gasteiger partial charge in [0.1, 0.15) is 0 Å². The maximum absolute atomic E-state index is 13.0. The van der Waals surface area contributed by atoms with E-state index < -0.39 is 20.7 Å². The lowest BCUT2D eigenvalue weighted by Crippen LogP contribution is -2.57. The van der Waals surface area contributed by atoms with Crippen molar-refractivity contribution in [3.63, 3.8) is 0 Å². The highest BCUT2D eigenvalue weighted by atomic mass is 32.2. The third kappa shape index (κ3) is 3.78. The molecule has 0 radical (unpaired) electrons. The van der Waals surface area contributed by atoms with Crippen molar-refractivity contribution in [3.05, 3.63) is 35.9 Å². The number of ether oxygens (including phenoxy) is 2. The zero-order valence-corrected chi connectivity index (χ0v) is 15.5. The highest BCUT2D eigenvalue weighted by Gasteiger charge is 2.54. The van der Waals surface area contributed by atoms with Crippen LogP contribution in [0.1, 0.15) is 31.2 Å². The van der Waals surface area contributed by atoms with E-state index in [1.54, 1.807) is 0 Å². The SMILES string of the molecule is O=C(O)C1(S(=O)(=O)N2CCC(OCc3ccccc3)CC2)CCOCC1. The first-order valence-corrected chi connectivity index (χ1v) is 10.4. The van der Waals surface area contributed by atoms with Crippen LogP contribution in [0.15, 0.2) is 30.3 Å². The van der Waals surface area contributed by atoms with Crippen LogP contribution < -0.4 is 0 Å². The predicted molar refractivity (Wildman–Crippen MR) is 95.2 cm³/mol. The van der Waals surface area contributed by atoms with E-state index in [2.05, 4.69) is 0 Å². The molecule has 2 fully saturated rings. The number of hydrogen-bond acceptors (Lipinski definition) is 5. The molecular weight excluding hydrogens is 358 g/mol. The number of carboxylic acids is 1. The summed E-state index contributed by atoms with van der Waals surface area (Å²) in [6.45, 7) is 1.38. The van der Waals surface area contributed by atoms with E-state index in [-0.39, 0.29) is 45.2 Å². The van der Waals surface area contributed by atoms with E-state index in [4.69, 9.17) is 9.47 Å². The third-order valence-electron chi connectivity index (χ3n) is 5.25. The Morgan fingerprint density at radius 1 is 1.19 bits per heavy atom. The molecule has 0 saturated carbocycles. The summed E-state index contributed by atoms with van der Waals surface area (Å²) in [7, 11) is -3.94. The molecular formula is C18H25NO6S. The summed E-state index contributed by atoms with van der Waals surface area (Å²) < 4.78 is 36.7. The van der Waals surface area contributed by atoms with Gasteiger partial charge in [0.2, 0.25) is 10.0 Å². The number of carbonyl (C=O) groups is 1. The Labute approximate surface area is 154 Å². The number of hydrogen-bond donors (Lipinski definition) is 1. The molecule has 0 unspecified atom stereocenters. The van der Waals surface area contributed by atoms with Gasteiger partial charge >= 0.3 is 5.97 Å². The Hall–Kier alpha value is -1.48. The van der Waals surface area contributed by atoms with Crippen molar-refractivity contribution in [1.82, 2.24) is 4.31 Å². The van der Waals surface area contributed by atoms with Crippen LogP contribution in [0.5, 0.6) is 0 Å². The Balaban J connectivity index is 1.60. The van der Waals surface area contributed by atoms with Gasteiger partial charge in [-0.2, -0.15) is 0 Å². The molecule has 0 atom stereocenters. The molecule has 2 aliphatic rings. The second-order valence-corrected chi connectivity index (χ2v) is 9.06. The van der Waals surface area contributed by atoms with Gasteiger partial charge in [-0.05, 0) is 18.4 Å². The summed E-state index contributed by atoms with van der Waals surface area (Å²) in [6.07, 6.45) is 1.11. The van der Waals surface area contributed by atoms with Crippen molar-refractivity contribution in [2.75, 3.05) is 26.3 Å². The molecule has 1 aromatic rings. The monoisotopic (exact) mass is 383 g/mol. The van der Waals surface area contributed by atoms with Crippen molar-refractivity contribution < 1.29 is 27.8 Å². The number of nitrogens with zero attached hydrogens (tertiary/aromatic N) is 1. The third-order valence-corrected chi connectivity index (χ3v) is 7.87.